The molecule has 0 bridgehead atoms. The predicted molar refractivity (Wildman–Crippen MR) is 70.4 cm³/mol. The van der Waals surface area contributed by atoms with Crippen LogP contribution in [0, 0.1) is 5.92 Å². The molecular formula is C10H12BrN3O3S. The molecule has 1 amide bonds. The van der Waals surface area contributed by atoms with Gasteiger partial charge in [0.05, 0.1) is 15.9 Å². The average Bonchev–Trinajstić information content (AvgIpc) is 2.57. The van der Waals surface area contributed by atoms with E-state index >= 15 is 0 Å². The van der Waals surface area contributed by atoms with E-state index in [9.17, 15) is 13.2 Å². The molecule has 1 atom stereocenters. The summed E-state index contributed by atoms with van der Waals surface area (Å²) in [5.41, 5.74) is 0.701. The third-order valence-electron chi connectivity index (χ3n) is 2.71. The van der Waals surface area contributed by atoms with Crippen LogP contribution in [-0.4, -0.2) is 31.6 Å². The Kier molecular flexibility index (Phi) is 3.69. The third kappa shape index (κ3) is 3.06. The van der Waals surface area contributed by atoms with Gasteiger partial charge in [-0.2, -0.15) is 0 Å². The number of anilines is 1. The third-order valence-corrected chi connectivity index (χ3v) is 4.26. The van der Waals surface area contributed by atoms with Gasteiger partial charge in [0.15, 0.2) is 0 Å². The molecule has 0 aromatic carbocycles. The minimum atomic E-state index is -3.55. The fourth-order valence-corrected chi connectivity index (χ4v) is 3.39. The first kappa shape index (κ1) is 13.4. The summed E-state index contributed by atoms with van der Waals surface area (Å²) in [6.45, 7) is 0.359. The summed E-state index contributed by atoms with van der Waals surface area (Å²) < 4.78 is 22.8. The highest BCUT2D eigenvalue weighted by molar-refractivity contribution is 9.10. The van der Waals surface area contributed by atoms with Gasteiger partial charge in [-0.1, -0.05) is 0 Å². The summed E-state index contributed by atoms with van der Waals surface area (Å²) >= 11 is 3.32. The quantitative estimate of drug-likeness (QED) is 0.870. The van der Waals surface area contributed by atoms with Crippen molar-refractivity contribution in [2.24, 2.45) is 11.1 Å². The molecule has 1 aromatic heterocycles. The average molecular weight is 334 g/mol. The van der Waals surface area contributed by atoms with Crippen LogP contribution in [0.25, 0.3) is 0 Å². The molecule has 0 saturated carbocycles. The number of hydrogen-bond donors (Lipinski definition) is 1. The van der Waals surface area contributed by atoms with Gasteiger partial charge in [0.2, 0.25) is 15.9 Å². The highest BCUT2D eigenvalue weighted by Gasteiger charge is 2.33. The minimum Gasteiger partial charge on any atom is -0.311 e. The van der Waals surface area contributed by atoms with Crippen molar-refractivity contribution in [1.29, 1.82) is 0 Å². The second-order valence-electron chi connectivity index (χ2n) is 4.23. The summed E-state index contributed by atoms with van der Waals surface area (Å²) in [5.74, 6) is -0.527. The van der Waals surface area contributed by atoms with E-state index in [2.05, 4.69) is 20.9 Å². The Labute approximate surface area is 113 Å². The zero-order valence-electron chi connectivity index (χ0n) is 9.41. The molecule has 2 heterocycles. The van der Waals surface area contributed by atoms with Crippen LogP contribution in [-0.2, 0) is 14.8 Å². The van der Waals surface area contributed by atoms with Crippen molar-refractivity contribution in [2.45, 2.75) is 6.42 Å². The summed E-state index contributed by atoms with van der Waals surface area (Å²) in [4.78, 5) is 17.3. The predicted octanol–water partition coefficient (Wildman–Crippen LogP) is 0.486. The maximum absolute atomic E-state index is 11.9. The monoisotopic (exact) mass is 333 g/mol. The van der Waals surface area contributed by atoms with Crippen molar-refractivity contribution in [2.75, 3.05) is 17.2 Å². The first-order chi connectivity index (χ1) is 8.37. The van der Waals surface area contributed by atoms with Crippen molar-refractivity contribution in [3.05, 3.63) is 22.9 Å². The lowest BCUT2D eigenvalue weighted by Crippen LogP contribution is -2.27. The van der Waals surface area contributed by atoms with E-state index in [1.165, 1.54) is 0 Å². The normalized spacial score (nSPS) is 20.4. The maximum atomic E-state index is 11.9. The standard InChI is InChI=1S/C10H12BrN3O3S/c11-8-4-13-2-1-9(8)14-5-7(3-10(14)15)6-18(12,16)17/h1-2,4,7H,3,5-6H2,(H2,12,16,17). The van der Waals surface area contributed by atoms with Crippen molar-refractivity contribution >= 4 is 37.5 Å². The molecule has 18 heavy (non-hydrogen) atoms. The first-order valence-corrected chi connectivity index (χ1v) is 7.78. The first-order valence-electron chi connectivity index (χ1n) is 5.27. The van der Waals surface area contributed by atoms with Gasteiger partial charge in [-0.05, 0) is 22.0 Å². The number of nitrogens with two attached hydrogens (primary N) is 1. The van der Waals surface area contributed by atoms with Gasteiger partial charge in [0.1, 0.15) is 0 Å². The second kappa shape index (κ2) is 4.94. The van der Waals surface area contributed by atoms with Crippen LogP contribution in [0.5, 0.6) is 0 Å². The summed E-state index contributed by atoms with van der Waals surface area (Å²) in [6, 6.07) is 1.71. The number of carbonyl (C=O) groups excluding carboxylic acids is 1. The number of aromatic nitrogens is 1. The molecule has 1 saturated heterocycles. The number of carbonyl (C=O) groups is 1. The number of primary sulfonamides is 1. The number of hydrogen-bond acceptors (Lipinski definition) is 4. The Morgan fingerprint density at radius 2 is 2.28 bits per heavy atom. The van der Waals surface area contributed by atoms with Gasteiger partial charge in [0.25, 0.3) is 0 Å². The fraction of sp³-hybridized carbons (Fsp3) is 0.400. The smallest absolute Gasteiger partial charge is 0.227 e. The SMILES string of the molecule is NS(=O)(=O)CC1CC(=O)N(c2ccncc2Br)C1. The Morgan fingerprint density at radius 1 is 1.56 bits per heavy atom. The maximum Gasteiger partial charge on any atom is 0.227 e. The fourth-order valence-electron chi connectivity index (χ4n) is 2.04. The van der Waals surface area contributed by atoms with E-state index in [-0.39, 0.29) is 24.0 Å². The second-order valence-corrected chi connectivity index (χ2v) is 6.74. The van der Waals surface area contributed by atoms with E-state index in [1.807, 2.05) is 0 Å². The van der Waals surface area contributed by atoms with Crippen molar-refractivity contribution in [3.8, 4) is 0 Å². The van der Waals surface area contributed by atoms with Gasteiger partial charge >= 0.3 is 0 Å². The summed E-state index contributed by atoms with van der Waals surface area (Å²) in [6.07, 6.45) is 3.38. The molecule has 0 spiro atoms. The largest absolute Gasteiger partial charge is 0.311 e. The molecule has 1 aliphatic rings. The lowest BCUT2D eigenvalue weighted by molar-refractivity contribution is -0.117. The van der Waals surface area contributed by atoms with Crippen LogP contribution in [0.2, 0.25) is 0 Å². The van der Waals surface area contributed by atoms with Crippen LogP contribution >= 0.6 is 15.9 Å². The van der Waals surface area contributed by atoms with Crippen LogP contribution < -0.4 is 10.0 Å². The van der Waals surface area contributed by atoms with Gasteiger partial charge in [-0.15, -0.1) is 0 Å². The van der Waals surface area contributed by atoms with E-state index in [1.54, 1.807) is 23.4 Å². The number of halogens is 1. The van der Waals surface area contributed by atoms with Crippen LogP contribution in [0.1, 0.15) is 6.42 Å². The Balaban J connectivity index is 2.18. The number of nitrogens with zero attached hydrogens (tertiary/aromatic N) is 2. The van der Waals surface area contributed by atoms with E-state index in [0.717, 1.165) is 0 Å². The molecule has 98 valence electrons. The molecular weight excluding hydrogens is 322 g/mol. The van der Waals surface area contributed by atoms with E-state index in [0.29, 0.717) is 16.7 Å². The lowest BCUT2D eigenvalue weighted by Gasteiger charge is -2.17. The summed E-state index contributed by atoms with van der Waals surface area (Å²) in [5, 5.41) is 5.00. The van der Waals surface area contributed by atoms with E-state index < -0.39 is 10.0 Å². The zero-order chi connectivity index (χ0) is 13.3. The summed E-state index contributed by atoms with van der Waals surface area (Å²) in [7, 11) is -3.55. The zero-order valence-corrected chi connectivity index (χ0v) is 11.8. The molecule has 0 radical (unpaired) electrons. The molecule has 2 N–H and O–H groups in total. The van der Waals surface area contributed by atoms with Crippen LogP contribution in [0.15, 0.2) is 22.9 Å². The topological polar surface area (TPSA) is 93.4 Å². The molecule has 1 aliphatic heterocycles. The molecule has 1 aromatic rings. The molecule has 6 nitrogen and oxygen atoms in total. The number of amides is 1. The van der Waals surface area contributed by atoms with Gasteiger partial charge in [-0.25, -0.2) is 13.6 Å². The Morgan fingerprint density at radius 3 is 2.89 bits per heavy atom. The highest BCUT2D eigenvalue weighted by Crippen LogP contribution is 2.30. The minimum absolute atomic E-state index is 0.101. The molecule has 0 aliphatic carbocycles. The van der Waals surface area contributed by atoms with Crippen LogP contribution in [0.4, 0.5) is 5.69 Å². The van der Waals surface area contributed by atoms with Gasteiger partial charge in [0, 0.05) is 31.3 Å². The number of sulfonamides is 1. The van der Waals surface area contributed by atoms with Crippen molar-refractivity contribution < 1.29 is 13.2 Å². The van der Waals surface area contributed by atoms with Gasteiger partial charge in [-0.3, -0.25) is 9.78 Å². The number of pyridine rings is 1. The Bertz CT molecular complexity index is 575. The lowest BCUT2D eigenvalue weighted by atomic mass is 10.1. The van der Waals surface area contributed by atoms with E-state index in [4.69, 9.17) is 5.14 Å². The van der Waals surface area contributed by atoms with Gasteiger partial charge < -0.3 is 4.90 Å². The number of rotatable bonds is 3. The van der Waals surface area contributed by atoms with Crippen molar-refractivity contribution in [3.63, 3.8) is 0 Å². The molecule has 1 fully saturated rings. The van der Waals surface area contributed by atoms with Crippen molar-refractivity contribution in [1.82, 2.24) is 4.98 Å². The highest BCUT2D eigenvalue weighted by atomic mass is 79.9. The Hall–Kier alpha value is -0.990. The molecule has 8 heteroatoms. The molecule has 2 rings (SSSR count). The molecule has 1 unspecified atom stereocenters. The van der Waals surface area contributed by atoms with Crippen LogP contribution in [0.3, 0.4) is 0 Å².